The van der Waals surface area contributed by atoms with Crippen LogP contribution in [0.2, 0.25) is 0 Å². The van der Waals surface area contributed by atoms with Crippen LogP contribution in [0, 0.1) is 0 Å². The summed E-state index contributed by atoms with van der Waals surface area (Å²) in [6.45, 7) is 1.09. The first-order valence-corrected chi connectivity index (χ1v) is 7.42. The number of benzene rings is 1. The van der Waals surface area contributed by atoms with Gasteiger partial charge in [-0.25, -0.2) is 0 Å². The van der Waals surface area contributed by atoms with Gasteiger partial charge in [-0.1, -0.05) is 30.3 Å². The smallest absolute Gasteiger partial charge is 0.0510 e. The van der Waals surface area contributed by atoms with Gasteiger partial charge in [-0.15, -0.1) is 0 Å². The molecule has 2 heteroatoms. The molecule has 0 aliphatic heterocycles. The first-order chi connectivity index (χ1) is 9.75. The SMILES string of the molecule is CN(C)CC[C@@H]1c2ccccc2CCc2cccnc21. The highest BCUT2D eigenvalue weighted by Gasteiger charge is 2.24. The van der Waals surface area contributed by atoms with E-state index in [1.807, 2.05) is 6.20 Å². The van der Waals surface area contributed by atoms with Crippen LogP contribution < -0.4 is 0 Å². The van der Waals surface area contributed by atoms with Gasteiger partial charge in [0.25, 0.3) is 0 Å². The monoisotopic (exact) mass is 266 g/mol. The van der Waals surface area contributed by atoms with E-state index in [0.29, 0.717) is 5.92 Å². The van der Waals surface area contributed by atoms with E-state index in [1.165, 1.54) is 22.4 Å². The lowest BCUT2D eigenvalue weighted by atomic mass is 9.89. The van der Waals surface area contributed by atoms with Gasteiger partial charge in [-0.2, -0.15) is 0 Å². The van der Waals surface area contributed by atoms with Crippen LogP contribution in [0.15, 0.2) is 42.6 Å². The first-order valence-electron chi connectivity index (χ1n) is 7.42. The van der Waals surface area contributed by atoms with Crippen molar-refractivity contribution in [3.63, 3.8) is 0 Å². The summed E-state index contributed by atoms with van der Waals surface area (Å²) < 4.78 is 0. The van der Waals surface area contributed by atoms with E-state index in [0.717, 1.165) is 25.8 Å². The van der Waals surface area contributed by atoms with E-state index in [1.54, 1.807) is 0 Å². The Labute approximate surface area is 121 Å². The van der Waals surface area contributed by atoms with Gasteiger partial charge in [0.15, 0.2) is 0 Å². The minimum Gasteiger partial charge on any atom is -0.309 e. The molecule has 1 aliphatic rings. The third-order valence-corrected chi connectivity index (χ3v) is 4.22. The molecule has 3 rings (SSSR count). The summed E-state index contributed by atoms with van der Waals surface area (Å²) in [5, 5.41) is 0. The Morgan fingerprint density at radius 2 is 1.80 bits per heavy atom. The average Bonchev–Trinajstić information content (AvgIpc) is 2.62. The fourth-order valence-corrected chi connectivity index (χ4v) is 3.17. The van der Waals surface area contributed by atoms with Gasteiger partial charge >= 0.3 is 0 Å². The summed E-state index contributed by atoms with van der Waals surface area (Å²) in [5.74, 6) is 0.437. The number of hydrogen-bond acceptors (Lipinski definition) is 2. The van der Waals surface area contributed by atoms with Gasteiger partial charge in [-0.3, -0.25) is 4.98 Å². The zero-order chi connectivity index (χ0) is 13.9. The second kappa shape index (κ2) is 5.76. The predicted octanol–water partition coefficient (Wildman–Crippen LogP) is 3.26. The topological polar surface area (TPSA) is 16.1 Å². The van der Waals surface area contributed by atoms with Gasteiger partial charge in [0.05, 0.1) is 5.69 Å². The second-order valence-corrected chi connectivity index (χ2v) is 5.89. The highest BCUT2D eigenvalue weighted by molar-refractivity contribution is 5.41. The summed E-state index contributed by atoms with van der Waals surface area (Å²) in [4.78, 5) is 6.98. The standard InChI is InChI=1S/C18H22N2/c1-20(2)13-11-17-16-8-4-3-6-14(16)9-10-15-7-5-12-19-18(15)17/h3-8,12,17H,9-11,13H2,1-2H3/t17-/m1/s1. The maximum atomic E-state index is 4.72. The van der Waals surface area contributed by atoms with Crippen molar-refractivity contribution < 1.29 is 0 Å². The van der Waals surface area contributed by atoms with Crippen molar-refractivity contribution >= 4 is 0 Å². The molecule has 1 atom stereocenters. The zero-order valence-electron chi connectivity index (χ0n) is 12.3. The molecule has 2 aromatic rings. The summed E-state index contributed by atoms with van der Waals surface area (Å²) in [6.07, 6.45) is 5.31. The third-order valence-electron chi connectivity index (χ3n) is 4.22. The molecular formula is C18H22N2. The largest absolute Gasteiger partial charge is 0.309 e. The Hall–Kier alpha value is -1.67. The molecule has 20 heavy (non-hydrogen) atoms. The van der Waals surface area contributed by atoms with E-state index in [-0.39, 0.29) is 0 Å². The molecule has 104 valence electrons. The van der Waals surface area contributed by atoms with E-state index < -0.39 is 0 Å². The fraction of sp³-hybridized carbons (Fsp3) is 0.389. The maximum absolute atomic E-state index is 4.72. The molecule has 1 heterocycles. The minimum atomic E-state index is 0.437. The Kier molecular flexibility index (Phi) is 3.83. The summed E-state index contributed by atoms with van der Waals surface area (Å²) >= 11 is 0. The molecule has 1 aliphatic carbocycles. The maximum Gasteiger partial charge on any atom is 0.0510 e. The summed E-state index contributed by atoms with van der Waals surface area (Å²) in [7, 11) is 4.28. The van der Waals surface area contributed by atoms with Crippen molar-refractivity contribution in [1.29, 1.82) is 0 Å². The second-order valence-electron chi connectivity index (χ2n) is 5.89. The van der Waals surface area contributed by atoms with Crippen molar-refractivity contribution in [1.82, 2.24) is 9.88 Å². The van der Waals surface area contributed by atoms with Gasteiger partial charge < -0.3 is 4.90 Å². The van der Waals surface area contributed by atoms with Crippen LogP contribution in [0.1, 0.15) is 34.7 Å². The van der Waals surface area contributed by atoms with Crippen LogP contribution in [-0.2, 0) is 12.8 Å². The number of aromatic nitrogens is 1. The summed E-state index contributed by atoms with van der Waals surface area (Å²) in [5.41, 5.74) is 5.69. The van der Waals surface area contributed by atoms with E-state index in [9.17, 15) is 0 Å². The number of aryl methyl sites for hydroxylation is 2. The molecule has 0 bridgehead atoms. The number of pyridine rings is 1. The van der Waals surface area contributed by atoms with Crippen LogP contribution in [0.3, 0.4) is 0 Å². The highest BCUT2D eigenvalue weighted by Crippen LogP contribution is 2.35. The Bertz CT molecular complexity index is 542. The van der Waals surface area contributed by atoms with Crippen LogP contribution in [0.4, 0.5) is 0 Å². The molecular weight excluding hydrogens is 244 g/mol. The molecule has 0 saturated heterocycles. The van der Waals surface area contributed by atoms with Gasteiger partial charge in [0.2, 0.25) is 0 Å². The molecule has 1 aromatic heterocycles. The van der Waals surface area contributed by atoms with Crippen molar-refractivity contribution in [2.45, 2.75) is 25.2 Å². The normalized spacial score (nSPS) is 17.4. The predicted molar refractivity (Wildman–Crippen MR) is 83.1 cm³/mol. The van der Waals surface area contributed by atoms with E-state index in [4.69, 9.17) is 4.98 Å². The van der Waals surface area contributed by atoms with E-state index in [2.05, 4.69) is 55.4 Å². The molecule has 0 unspecified atom stereocenters. The van der Waals surface area contributed by atoms with Crippen molar-refractivity contribution in [2.75, 3.05) is 20.6 Å². The molecule has 0 fully saturated rings. The van der Waals surface area contributed by atoms with Gasteiger partial charge in [-0.05, 0) is 62.7 Å². The van der Waals surface area contributed by atoms with Crippen molar-refractivity contribution in [2.24, 2.45) is 0 Å². The number of hydrogen-bond donors (Lipinski definition) is 0. The lowest BCUT2D eigenvalue weighted by Crippen LogP contribution is -2.17. The lowest BCUT2D eigenvalue weighted by Gasteiger charge is -2.21. The minimum absolute atomic E-state index is 0.437. The number of rotatable bonds is 3. The van der Waals surface area contributed by atoms with Gasteiger partial charge in [0.1, 0.15) is 0 Å². The Balaban J connectivity index is 2.04. The number of fused-ring (bicyclic) bond motifs is 2. The van der Waals surface area contributed by atoms with Crippen LogP contribution in [-0.4, -0.2) is 30.5 Å². The van der Waals surface area contributed by atoms with E-state index >= 15 is 0 Å². The van der Waals surface area contributed by atoms with Gasteiger partial charge in [0, 0.05) is 12.1 Å². The fourth-order valence-electron chi connectivity index (χ4n) is 3.17. The quantitative estimate of drug-likeness (QED) is 0.847. The molecule has 0 N–H and O–H groups in total. The molecule has 0 saturated carbocycles. The molecule has 0 radical (unpaired) electrons. The van der Waals surface area contributed by atoms with Crippen LogP contribution >= 0.6 is 0 Å². The lowest BCUT2D eigenvalue weighted by molar-refractivity contribution is 0.389. The summed E-state index contributed by atoms with van der Waals surface area (Å²) in [6, 6.07) is 13.2. The number of nitrogens with zero attached hydrogens (tertiary/aromatic N) is 2. The molecule has 2 nitrogen and oxygen atoms in total. The first kappa shape index (κ1) is 13.3. The highest BCUT2D eigenvalue weighted by atomic mass is 15.0. The molecule has 0 spiro atoms. The van der Waals surface area contributed by atoms with Crippen LogP contribution in [0.5, 0.6) is 0 Å². The molecule has 1 aromatic carbocycles. The van der Waals surface area contributed by atoms with Crippen molar-refractivity contribution in [3.8, 4) is 0 Å². The molecule has 0 amide bonds. The third kappa shape index (κ3) is 2.61. The zero-order valence-corrected chi connectivity index (χ0v) is 12.3. The van der Waals surface area contributed by atoms with Crippen molar-refractivity contribution in [3.05, 3.63) is 65.0 Å². The Morgan fingerprint density at radius 1 is 1.05 bits per heavy atom. The average molecular weight is 266 g/mol. The van der Waals surface area contributed by atoms with Crippen LogP contribution in [0.25, 0.3) is 0 Å². The Morgan fingerprint density at radius 3 is 2.65 bits per heavy atom.